The Labute approximate surface area is 204 Å². The second-order valence-electron chi connectivity index (χ2n) is 8.46. The van der Waals surface area contributed by atoms with Crippen LogP contribution in [0.5, 0.6) is 5.75 Å². The van der Waals surface area contributed by atoms with E-state index >= 15 is 0 Å². The highest BCUT2D eigenvalue weighted by Crippen LogP contribution is 2.31. The molecule has 0 spiro atoms. The molecule has 2 amide bonds. The summed E-state index contributed by atoms with van der Waals surface area (Å²) in [6, 6.07) is 16.1. The first-order valence-corrected chi connectivity index (χ1v) is 11.7. The molecule has 9 heteroatoms. The highest BCUT2D eigenvalue weighted by molar-refractivity contribution is 5.95. The number of carbonyl (C=O) groups is 2. The summed E-state index contributed by atoms with van der Waals surface area (Å²) in [7, 11) is 3.33. The lowest BCUT2D eigenvalue weighted by atomic mass is 10.0. The van der Waals surface area contributed by atoms with Gasteiger partial charge in [-0.15, -0.1) is 0 Å². The second-order valence-corrected chi connectivity index (χ2v) is 8.46. The molecule has 1 fully saturated rings. The molecular weight excluding hydrogens is 448 g/mol. The zero-order valence-electron chi connectivity index (χ0n) is 20.1. The topological polar surface area (TPSA) is 98.0 Å². The Morgan fingerprint density at radius 1 is 1.14 bits per heavy atom. The lowest BCUT2D eigenvalue weighted by Gasteiger charge is -2.33. The van der Waals surface area contributed by atoms with Crippen LogP contribution in [0.1, 0.15) is 41.6 Å². The van der Waals surface area contributed by atoms with Crippen LogP contribution in [0.2, 0.25) is 0 Å². The van der Waals surface area contributed by atoms with E-state index in [1.165, 1.54) is 0 Å². The number of rotatable bonds is 9. The summed E-state index contributed by atoms with van der Waals surface area (Å²) in [6.45, 7) is 1.51. The van der Waals surface area contributed by atoms with Gasteiger partial charge in [0, 0.05) is 38.4 Å². The molecule has 0 bridgehead atoms. The van der Waals surface area contributed by atoms with E-state index in [9.17, 15) is 9.59 Å². The second kappa shape index (κ2) is 11.6. The number of para-hydroxylation sites is 1. The van der Waals surface area contributed by atoms with Gasteiger partial charge in [0.05, 0.1) is 6.61 Å². The Kier molecular flexibility index (Phi) is 8.10. The molecule has 1 unspecified atom stereocenters. The van der Waals surface area contributed by atoms with Gasteiger partial charge in [-0.3, -0.25) is 9.59 Å². The van der Waals surface area contributed by atoms with Gasteiger partial charge in [-0.2, -0.15) is 4.98 Å². The maximum Gasteiger partial charge on any atom is 0.261 e. The van der Waals surface area contributed by atoms with Gasteiger partial charge in [-0.05, 0) is 43.5 Å². The Morgan fingerprint density at radius 2 is 1.97 bits per heavy atom. The molecule has 1 aliphatic rings. The number of hydrogen-bond donors (Lipinski definition) is 0. The molecule has 35 heavy (non-hydrogen) atoms. The van der Waals surface area contributed by atoms with Crippen LogP contribution in [0, 0.1) is 0 Å². The van der Waals surface area contributed by atoms with Gasteiger partial charge in [-0.1, -0.05) is 35.5 Å². The fourth-order valence-corrected chi connectivity index (χ4v) is 4.06. The number of piperidine rings is 1. The van der Waals surface area contributed by atoms with Crippen molar-refractivity contribution >= 4 is 11.8 Å². The summed E-state index contributed by atoms with van der Waals surface area (Å²) in [5, 5.41) is 4.14. The van der Waals surface area contributed by atoms with Crippen molar-refractivity contribution in [2.45, 2.75) is 25.3 Å². The molecule has 0 aliphatic carbocycles. The molecule has 1 aliphatic heterocycles. The Morgan fingerprint density at radius 3 is 2.77 bits per heavy atom. The van der Waals surface area contributed by atoms with Gasteiger partial charge in [0.15, 0.2) is 6.61 Å². The van der Waals surface area contributed by atoms with Gasteiger partial charge in [-0.25, -0.2) is 0 Å². The zero-order chi connectivity index (χ0) is 24.6. The molecule has 0 saturated carbocycles. The molecule has 2 heterocycles. The number of carbonyl (C=O) groups excluding carboxylic acids is 2. The number of hydrogen-bond acceptors (Lipinski definition) is 7. The number of aromatic nitrogens is 2. The number of nitrogens with zero attached hydrogens (tertiary/aromatic N) is 4. The number of benzene rings is 2. The minimum absolute atomic E-state index is 0.0533. The highest BCUT2D eigenvalue weighted by Gasteiger charge is 2.32. The normalized spacial score (nSPS) is 15.6. The number of ether oxygens (including phenoxy) is 2. The SMILES string of the molecule is COCCN(C)C(=O)c1cccc(-c2noc(C3CCCCN3C(=O)COc3ccccc3)n2)c1. The molecule has 0 radical (unpaired) electrons. The smallest absolute Gasteiger partial charge is 0.261 e. The van der Waals surface area contributed by atoms with E-state index in [2.05, 4.69) is 10.1 Å². The first-order valence-electron chi connectivity index (χ1n) is 11.7. The monoisotopic (exact) mass is 478 g/mol. The molecule has 1 aromatic heterocycles. The van der Waals surface area contributed by atoms with Crippen molar-refractivity contribution in [1.82, 2.24) is 19.9 Å². The van der Waals surface area contributed by atoms with Crippen LogP contribution in [0.15, 0.2) is 59.1 Å². The van der Waals surface area contributed by atoms with Crippen LogP contribution in [-0.4, -0.2) is 72.2 Å². The predicted molar refractivity (Wildman–Crippen MR) is 129 cm³/mol. The minimum atomic E-state index is -0.304. The number of methoxy groups -OCH3 is 1. The van der Waals surface area contributed by atoms with Crippen LogP contribution in [-0.2, 0) is 9.53 Å². The number of amides is 2. The first-order chi connectivity index (χ1) is 17.1. The van der Waals surface area contributed by atoms with Crippen molar-refractivity contribution in [1.29, 1.82) is 0 Å². The third-order valence-electron chi connectivity index (χ3n) is 6.00. The summed E-state index contributed by atoms with van der Waals surface area (Å²) in [5.74, 6) is 1.19. The molecular formula is C26H30N4O5. The van der Waals surface area contributed by atoms with Crippen molar-refractivity contribution in [2.24, 2.45) is 0 Å². The lowest BCUT2D eigenvalue weighted by molar-refractivity contribution is -0.138. The van der Waals surface area contributed by atoms with Crippen molar-refractivity contribution in [2.75, 3.05) is 40.5 Å². The predicted octanol–water partition coefficient (Wildman–Crippen LogP) is 3.59. The molecule has 0 N–H and O–H groups in total. The van der Waals surface area contributed by atoms with Crippen LogP contribution in [0.25, 0.3) is 11.4 Å². The van der Waals surface area contributed by atoms with Gasteiger partial charge in [0.1, 0.15) is 11.8 Å². The maximum absolute atomic E-state index is 13.0. The molecule has 3 aromatic rings. The van der Waals surface area contributed by atoms with Crippen LogP contribution in [0.4, 0.5) is 0 Å². The average Bonchev–Trinajstić information content (AvgIpc) is 3.41. The summed E-state index contributed by atoms with van der Waals surface area (Å²) in [5.41, 5.74) is 1.20. The fraction of sp³-hybridized carbons (Fsp3) is 0.385. The summed E-state index contributed by atoms with van der Waals surface area (Å²) in [6.07, 6.45) is 2.61. The molecule has 184 valence electrons. The Bertz CT molecular complexity index is 1130. The number of likely N-dealkylation sites (tertiary alicyclic amines) is 1. The quantitative estimate of drug-likeness (QED) is 0.464. The largest absolute Gasteiger partial charge is 0.484 e. The van der Waals surface area contributed by atoms with Crippen molar-refractivity contribution in [3.05, 3.63) is 66.1 Å². The van der Waals surface area contributed by atoms with Gasteiger partial charge < -0.3 is 23.8 Å². The third kappa shape index (κ3) is 6.05. The van der Waals surface area contributed by atoms with Crippen LogP contribution < -0.4 is 4.74 Å². The van der Waals surface area contributed by atoms with Crippen molar-refractivity contribution in [3.8, 4) is 17.1 Å². The average molecular weight is 479 g/mol. The minimum Gasteiger partial charge on any atom is -0.484 e. The van der Waals surface area contributed by atoms with E-state index in [0.717, 1.165) is 19.3 Å². The van der Waals surface area contributed by atoms with Crippen LogP contribution in [0.3, 0.4) is 0 Å². The first kappa shape index (κ1) is 24.4. The summed E-state index contributed by atoms with van der Waals surface area (Å²) in [4.78, 5) is 33.6. The van der Waals surface area contributed by atoms with E-state index < -0.39 is 0 Å². The van der Waals surface area contributed by atoms with Crippen LogP contribution >= 0.6 is 0 Å². The highest BCUT2D eigenvalue weighted by atomic mass is 16.5. The standard InChI is InChI=1S/C26H30N4O5/c1-29(15-16-33-2)26(32)20-10-8-9-19(17-20)24-27-25(35-28-24)22-13-6-7-14-30(22)23(31)18-34-21-11-4-3-5-12-21/h3-5,8-12,17,22H,6-7,13-16,18H2,1-2H3. The molecule has 2 aromatic carbocycles. The zero-order valence-corrected chi connectivity index (χ0v) is 20.1. The molecule has 4 rings (SSSR count). The summed E-state index contributed by atoms with van der Waals surface area (Å²) >= 11 is 0. The van der Waals surface area contributed by atoms with Crippen molar-refractivity contribution in [3.63, 3.8) is 0 Å². The molecule has 1 atom stereocenters. The van der Waals surface area contributed by atoms with E-state index in [4.69, 9.17) is 14.0 Å². The van der Waals surface area contributed by atoms with Gasteiger partial charge in [0.2, 0.25) is 11.7 Å². The van der Waals surface area contributed by atoms with Gasteiger partial charge in [0.25, 0.3) is 11.8 Å². The third-order valence-corrected chi connectivity index (χ3v) is 6.00. The lowest BCUT2D eigenvalue weighted by Crippen LogP contribution is -2.41. The van der Waals surface area contributed by atoms with E-state index in [0.29, 0.717) is 48.3 Å². The fourth-order valence-electron chi connectivity index (χ4n) is 4.06. The van der Waals surface area contributed by atoms with Crippen molar-refractivity contribution < 1.29 is 23.6 Å². The van der Waals surface area contributed by atoms with Gasteiger partial charge >= 0.3 is 0 Å². The van der Waals surface area contributed by atoms with E-state index in [-0.39, 0.29) is 24.5 Å². The molecule has 1 saturated heterocycles. The van der Waals surface area contributed by atoms with E-state index in [1.807, 2.05) is 36.4 Å². The molecule has 9 nitrogen and oxygen atoms in total. The Balaban J connectivity index is 1.46. The maximum atomic E-state index is 13.0. The Hall–Kier alpha value is -3.72. The van der Waals surface area contributed by atoms with E-state index in [1.54, 1.807) is 42.2 Å². The number of likely N-dealkylation sites (N-methyl/N-ethyl adjacent to an activating group) is 1. The summed E-state index contributed by atoms with van der Waals surface area (Å²) < 4.78 is 16.3.